The molecule has 0 aromatic carbocycles. The number of phosphoric ester groups is 1. The Bertz CT molecular complexity index is 2250. The van der Waals surface area contributed by atoms with Crippen molar-refractivity contribution in [1.29, 1.82) is 0 Å². The van der Waals surface area contributed by atoms with Crippen LogP contribution in [0.3, 0.4) is 0 Å². The average Bonchev–Trinajstić information content (AvgIpc) is 4.19. The fraction of sp³-hybridized carbons (Fsp3) is 0.931. The number of rotatable bonds is 19. The van der Waals surface area contributed by atoms with Gasteiger partial charge in [0.05, 0.1) is 77.1 Å². The number of amides is 2. The highest BCUT2D eigenvalue weighted by atomic mass is 31.2. The Kier molecular flexibility index (Phi) is 17.2. The van der Waals surface area contributed by atoms with Gasteiger partial charge in [-0.1, -0.05) is 46.8 Å². The van der Waals surface area contributed by atoms with E-state index in [-0.39, 0.29) is 118 Å². The summed E-state index contributed by atoms with van der Waals surface area (Å²) >= 11 is 0. The molecule has 0 radical (unpaired) electrons. The lowest BCUT2D eigenvalue weighted by Gasteiger charge is -2.63. The molecule has 0 saturated heterocycles. The minimum absolute atomic E-state index is 0.0160. The van der Waals surface area contributed by atoms with Gasteiger partial charge in [0.2, 0.25) is 11.8 Å². The second kappa shape index (κ2) is 22.4. The Morgan fingerprint density at radius 1 is 0.750 bits per heavy atom. The van der Waals surface area contributed by atoms with Gasteiger partial charge in [-0.25, -0.2) is 0 Å². The first kappa shape index (κ1) is 58.6. The minimum atomic E-state index is -4.48. The molecule has 0 aliphatic heterocycles. The second-order valence-electron chi connectivity index (χ2n) is 28.6. The van der Waals surface area contributed by atoms with Crippen molar-refractivity contribution in [3.63, 3.8) is 0 Å². The molecule has 1 aromatic rings. The van der Waals surface area contributed by atoms with Crippen LogP contribution in [0.15, 0.2) is 6.20 Å². The Morgan fingerprint density at radius 2 is 1.28 bits per heavy atom. The molecule has 432 valence electrons. The smallest absolute Gasteiger partial charge is 0.268 e. The van der Waals surface area contributed by atoms with Crippen molar-refractivity contribution >= 4 is 19.6 Å². The predicted octanol–water partition coefficient (Wildman–Crippen LogP) is 5.98. The molecule has 1 unspecified atom stereocenters. The maximum atomic E-state index is 13.3. The number of quaternary nitrogens is 1. The minimum Gasteiger partial charge on any atom is -0.756 e. The molecule has 0 bridgehead atoms. The maximum absolute atomic E-state index is 13.3. The molecule has 23 atom stereocenters. The standard InChI is InChI=1S/C58H99N6O11P/c1-34(41-12-14-43-53-45(30-49(68)57(41,43)5)55(3)20-18-39(65)26-36(55)28-47(53)66)10-16-51(70)59-22-23-63-33-38(61-62-63)32-60-52(71)17-11-35(2)42-13-15-44-54-46(31-50(69)58(42,44)6)56(4)21-19-40(27-37(56)29-48(54)67)75-76(72,73)74-25-24-64(7,8)9/h33-37,39-50,53-54,65-69H,10-32H2,1-9H3,(H2-,59,60,70,71,72,73)/t34-,35-,36+,37+,39-,40-,41-,42-,43+,44+,45+,46+,47-,48-,49+,50+,53+,54+,55+,56+,57-,58-/m1/s1. The third kappa shape index (κ3) is 11.3. The summed E-state index contributed by atoms with van der Waals surface area (Å²) in [5, 5.41) is 72.8. The third-order valence-corrected chi connectivity index (χ3v) is 24.7. The van der Waals surface area contributed by atoms with Crippen LogP contribution < -0.4 is 15.5 Å². The van der Waals surface area contributed by atoms with E-state index in [1.165, 1.54) is 0 Å². The molecule has 8 fully saturated rings. The maximum Gasteiger partial charge on any atom is 0.268 e. The molecule has 8 aliphatic carbocycles. The van der Waals surface area contributed by atoms with Crippen LogP contribution in [0.25, 0.3) is 0 Å². The molecule has 18 heteroatoms. The number of phosphoric acid groups is 1. The number of aromatic nitrogens is 3. The van der Waals surface area contributed by atoms with E-state index in [0.29, 0.717) is 87.1 Å². The van der Waals surface area contributed by atoms with Crippen LogP contribution in [0.4, 0.5) is 0 Å². The topological polar surface area (TPSA) is 249 Å². The normalized spacial score (nSPS) is 44.5. The van der Waals surface area contributed by atoms with Crippen molar-refractivity contribution in [3.05, 3.63) is 11.9 Å². The largest absolute Gasteiger partial charge is 0.756 e. The molecular weight excluding hydrogens is 988 g/mol. The first-order valence-corrected chi connectivity index (χ1v) is 31.4. The van der Waals surface area contributed by atoms with Crippen molar-refractivity contribution in [2.24, 2.45) is 92.7 Å². The summed E-state index contributed by atoms with van der Waals surface area (Å²) in [4.78, 5) is 39.2. The Labute approximate surface area is 454 Å². The molecule has 9 rings (SSSR count). The van der Waals surface area contributed by atoms with E-state index in [0.717, 1.165) is 64.2 Å². The van der Waals surface area contributed by atoms with Crippen LogP contribution in [0.2, 0.25) is 0 Å². The van der Waals surface area contributed by atoms with E-state index in [1.807, 2.05) is 21.1 Å². The highest BCUT2D eigenvalue weighted by Crippen LogP contribution is 2.70. The Balaban J connectivity index is 0.686. The summed E-state index contributed by atoms with van der Waals surface area (Å²) in [6.45, 7) is 15.3. The molecule has 8 saturated carbocycles. The predicted molar refractivity (Wildman–Crippen MR) is 285 cm³/mol. The molecule has 2 amide bonds. The zero-order chi connectivity index (χ0) is 54.9. The van der Waals surface area contributed by atoms with Crippen molar-refractivity contribution in [2.75, 3.05) is 40.8 Å². The molecule has 1 heterocycles. The Hall–Kier alpha value is -2.05. The highest BCUT2D eigenvalue weighted by molar-refractivity contribution is 7.45. The fourth-order valence-electron chi connectivity index (χ4n) is 19.3. The lowest BCUT2D eigenvalue weighted by atomic mass is 9.43. The summed E-state index contributed by atoms with van der Waals surface area (Å²) in [5.74, 6) is 2.20. The quantitative estimate of drug-likeness (QED) is 0.0623. The number of carbonyl (C=O) groups is 2. The van der Waals surface area contributed by atoms with Gasteiger partial charge in [-0.15, -0.1) is 5.10 Å². The molecule has 1 aromatic heterocycles. The number of aliphatic hydroxyl groups excluding tert-OH is 5. The van der Waals surface area contributed by atoms with Crippen molar-refractivity contribution < 1.29 is 58.1 Å². The van der Waals surface area contributed by atoms with E-state index in [2.05, 4.69) is 62.5 Å². The lowest BCUT2D eigenvalue weighted by molar-refractivity contribution is -0.870. The molecule has 17 nitrogen and oxygen atoms in total. The number of likely N-dealkylation sites (N-methyl/N-ethyl adjacent to an activating group) is 1. The van der Waals surface area contributed by atoms with Crippen LogP contribution in [-0.2, 0) is 36.3 Å². The van der Waals surface area contributed by atoms with E-state index in [4.69, 9.17) is 9.05 Å². The van der Waals surface area contributed by atoms with E-state index in [9.17, 15) is 44.6 Å². The van der Waals surface area contributed by atoms with Gasteiger partial charge in [-0.05, 0) is 195 Å². The van der Waals surface area contributed by atoms with Crippen LogP contribution in [0, 0.1) is 92.7 Å². The lowest BCUT2D eigenvalue weighted by Crippen LogP contribution is -2.62. The number of nitrogens with zero attached hydrogens (tertiary/aromatic N) is 4. The summed E-state index contributed by atoms with van der Waals surface area (Å²) in [7, 11) is 1.45. The van der Waals surface area contributed by atoms with Crippen LogP contribution in [-0.4, -0.2) is 134 Å². The summed E-state index contributed by atoms with van der Waals surface area (Å²) in [6, 6.07) is 0. The van der Waals surface area contributed by atoms with Gasteiger partial charge >= 0.3 is 0 Å². The average molecular weight is 1090 g/mol. The Morgan fingerprint density at radius 3 is 1.83 bits per heavy atom. The van der Waals surface area contributed by atoms with E-state index < -0.39 is 38.3 Å². The molecule has 8 aliphatic rings. The monoisotopic (exact) mass is 1090 g/mol. The van der Waals surface area contributed by atoms with Crippen LogP contribution in [0.1, 0.15) is 163 Å². The molecular formula is C58H99N6O11P. The zero-order valence-corrected chi connectivity index (χ0v) is 48.5. The molecule has 0 spiro atoms. The van der Waals surface area contributed by atoms with Gasteiger partial charge < -0.3 is 54.6 Å². The van der Waals surface area contributed by atoms with Gasteiger partial charge in [0.15, 0.2) is 0 Å². The van der Waals surface area contributed by atoms with Crippen molar-refractivity contribution in [3.8, 4) is 0 Å². The first-order valence-electron chi connectivity index (χ1n) is 29.9. The van der Waals surface area contributed by atoms with E-state index >= 15 is 0 Å². The van der Waals surface area contributed by atoms with Gasteiger partial charge in [-0.2, -0.15) is 0 Å². The highest BCUT2D eigenvalue weighted by Gasteiger charge is 2.67. The summed E-state index contributed by atoms with van der Waals surface area (Å²) in [6.07, 6.45) is 12.1. The van der Waals surface area contributed by atoms with Crippen molar-refractivity contribution in [1.82, 2.24) is 25.6 Å². The fourth-order valence-corrected chi connectivity index (χ4v) is 20.2. The third-order valence-electron chi connectivity index (χ3n) is 23.7. The molecule has 7 N–H and O–H groups in total. The summed E-state index contributed by atoms with van der Waals surface area (Å²) < 4.78 is 25.9. The van der Waals surface area contributed by atoms with E-state index in [1.54, 1.807) is 10.9 Å². The number of nitrogens with one attached hydrogen (secondary N) is 2. The van der Waals surface area contributed by atoms with Gasteiger partial charge in [0.1, 0.15) is 18.8 Å². The first-order chi connectivity index (χ1) is 35.7. The van der Waals surface area contributed by atoms with Crippen LogP contribution in [0.5, 0.6) is 0 Å². The SMILES string of the molecule is C[C@H](CCC(=O)NCCn1cc(CNC(=O)CC[C@@H](C)[C@H]2CC[C@H]3[C@@H]4[C@H](O)C[C@@H]5C[C@H](OP(=O)([O-])OCC[N+](C)(C)C)CC[C@]5(C)[C@H]4C[C@H](O)[C@]23C)nn1)[C@H]1CC[C@H]2[C@@H]3[C@H](O)C[C@@H]4C[C@H](O)CC[C@]4(C)[C@H]3C[C@H](O)[C@]12C. The van der Waals surface area contributed by atoms with Gasteiger partial charge in [-0.3, -0.25) is 18.8 Å². The van der Waals surface area contributed by atoms with Crippen LogP contribution >= 0.6 is 7.82 Å². The number of carbonyl (C=O) groups excluding carboxylic acids is 2. The van der Waals surface area contributed by atoms with Gasteiger partial charge in [0, 0.05) is 19.4 Å². The second-order valence-corrected chi connectivity index (χ2v) is 29.9. The number of hydrogen-bond acceptors (Lipinski definition) is 13. The molecule has 76 heavy (non-hydrogen) atoms. The number of fused-ring (bicyclic) bond motifs is 10. The zero-order valence-electron chi connectivity index (χ0n) is 47.7. The number of hydrogen-bond donors (Lipinski definition) is 7. The van der Waals surface area contributed by atoms with Gasteiger partial charge in [0.25, 0.3) is 7.82 Å². The van der Waals surface area contributed by atoms with Crippen molar-refractivity contribution in [2.45, 2.75) is 207 Å². The summed E-state index contributed by atoms with van der Waals surface area (Å²) in [5.41, 5.74) is -0.158. The number of aliphatic hydroxyl groups is 5.